The lowest BCUT2D eigenvalue weighted by molar-refractivity contribution is -0.137. The van der Waals surface area contributed by atoms with Crippen molar-refractivity contribution in [2.24, 2.45) is 5.92 Å². The highest BCUT2D eigenvalue weighted by atomic mass is 32.2. The maximum absolute atomic E-state index is 13.3. The number of carbonyl (C=O) groups is 1. The molecule has 0 bridgehead atoms. The molecule has 2 aliphatic rings. The molecule has 5 nitrogen and oxygen atoms in total. The van der Waals surface area contributed by atoms with Crippen molar-refractivity contribution < 1.29 is 26.4 Å². The van der Waals surface area contributed by atoms with Crippen molar-refractivity contribution in [1.82, 2.24) is 0 Å². The summed E-state index contributed by atoms with van der Waals surface area (Å²) in [5, 5.41) is 0. The Morgan fingerprint density at radius 3 is 2.52 bits per heavy atom. The van der Waals surface area contributed by atoms with Crippen LogP contribution in [-0.2, 0) is 27.4 Å². The third-order valence-corrected chi connectivity index (χ3v) is 7.90. The first-order chi connectivity index (χ1) is 14.6. The number of sulfonamides is 1. The molecule has 0 unspecified atom stereocenters. The summed E-state index contributed by atoms with van der Waals surface area (Å²) in [5.41, 5.74) is 0.532. The first-order valence-corrected chi connectivity index (χ1v) is 11.7. The molecular weight excluding hydrogens is 429 g/mol. The predicted octanol–water partition coefficient (Wildman–Crippen LogP) is 4.61. The van der Waals surface area contributed by atoms with Crippen molar-refractivity contribution in [3.05, 3.63) is 53.6 Å². The van der Waals surface area contributed by atoms with E-state index in [0.29, 0.717) is 13.0 Å². The zero-order valence-electron chi connectivity index (χ0n) is 17.0. The molecule has 166 valence electrons. The number of rotatable bonds is 5. The second-order valence-corrected chi connectivity index (χ2v) is 9.74. The Morgan fingerprint density at radius 1 is 1.16 bits per heavy atom. The molecule has 9 heteroatoms. The van der Waals surface area contributed by atoms with Gasteiger partial charge < -0.3 is 4.90 Å². The molecule has 4 rings (SSSR count). The van der Waals surface area contributed by atoms with Crippen LogP contribution in [0.1, 0.15) is 37.3 Å². The number of nitrogens with zero attached hydrogens (tertiary/aromatic N) is 2. The van der Waals surface area contributed by atoms with Crippen LogP contribution < -0.4 is 9.21 Å². The van der Waals surface area contributed by atoms with E-state index in [1.165, 1.54) is 24.3 Å². The average Bonchev–Trinajstić information content (AvgIpc) is 3.10. The molecule has 1 fully saturated rings. The predicted molar refractivity (Wildman–Crippen MR) is 111 cm³/mol. The molecule has 1 heterocycles. The van der Waals surface area contributed by atoms with Gasteiger partial charge in [-0.3, -0.25) is 9.10 Å². The Balaban J connectivity index is 1.65. The van der Waals surface area contributed by atoms with Crippen LogP contribution in [0.4, 0.5) is 24.5 Å². The molecular formula is C22H23F3N2O3S. The second kappa shape index (κ2) is 7.85. The summed E-state index contributed by atoms with van der Waals surface area (Å²) in [7, 11) is -4.07. The lowest BCUT2D eigenvalue weighted by Crippen LogP contribution is -2.37. The van der Waals surface area contributed by atoms with Gasteiger partial charge >= 0.3 is 6.18 Å². The van der Waals surface area contributed by atoms with Gasteiger partial charge in [-0.05, 0) is 68.1 Å². The third-order valence-electron chi connectivity index (χ3n) is 6.00. The van der Waals surface area contributed by atoms with Gasteiger partial charge in [-0.1, -0.05) is 12.5 Å². The molecule has 1 amide bonds. The molecule has 2 aromatic rings. The van der Waals surface area contributed by atoms with Crippen molar-refractivity contribution in [1.29, 1.82) is 0 Å². The van der Waals surface area contributed by atoms with E-state index in [4.69, 9.17) is 0 Å². The van der Waals surface area contributed by atoms with Crippen LogP contribution in [0, 0.1) is 5.92 Å². The number of carbonyl (C=O) groups excluding carboxylic acids is 1. The normalized spacial score (nSPS) is 16.7. The van der Waals surface area contributed by atoms with E-state index < -0.39 is 21.8 Å². The third kappa shape index (κ3) is 3.91. The molecule has 0 aromatic heterocycles. The average molecular weight is 452 g/mol. The maximum atomic E-state index is 13.3. The number of hydrogen-bond donors (Lipinski definition) is 0. The van der Waals surface area contributed by atoms with Crippen LogP contribution in [0.3, 0.4) is 0 Å². The van der Waals surface area contributed by atoms with E-state index in [0.717, 1.165) is 47.0 Å². The van der Waals surface area contributed by atoms with Crippen LogP contribution >= 0.6 is 0 Å². The van der Waals surface area contributed by atoms with Crippen LogP contribution in [-0.4, -0.2) is 27.4 Å². The first kappa shape index (κ1) is 21.7. The minimum Gasteiger partial charge on any atom is -0.312 e. The SMILES string of the molecule is CCN(c1cccc(C(F)(F)F)c1)S(=O)(=O)c1ccc2c(c1)CCN2C(=O)C1CCC1. The zero-order valence-corrected chi connectivity index (χ0v) is 17.8. The van der Waals surface area contributed by atoms with Gasteiger partial charge in [0.15, 0.2) is 0 Å². The molecule has 31 heavy (non-hydrogen) atoms. The van der Waals surface area contributed by atoms with Crippen LogP contribution in [0.25, 0.3) is 0 Å². The topological polar surface area (TPSA) is 57.7 Å². The Morgan fingerprint density at radius 2 is 1.90 bits per heavy atom. The smallest absolute Gasteiger partial charge is 0.312 e. The number of anilines is 2. The van der Waals surface area contributed by atoms with Gasteiger partial charge in [0, 0.05) is 24.7 Å². The summed E-state index contributed by atoms with van der Waals surface area (Å²) in [4.78, 5) is 14.4. The van der Waals surface area contributed by atoms with Crippen molar-refractivity contribution in [2.75, 3.05) is 22.3 Å². The Kier molecular flexibility index (Phi) is 5.49. The highest BCUT2D eigenvalue weighted by Gasteiger charge is 2.35. The summed E-state index contributed by atoms with van der Waals surface area (Å²) < 4.78 is 66.8. The fourth-order valence-electron chi connectivity index (χ4n) is 4.10. The highest BCUT2D eigenvalue weighted by Crippen LogP contribution is 2.37. The second-order valence-electron chi connectivity index (χ2n) is 7.88. The lowest BCUT2D eigenvalue weighted by Gasteiger charge is -2.29. The Labute approximate surface area is 179 Å². The van der Waals surface area contributed by atoms with E-state index in [9.17, 15) is 26.4 Å². The van der Waals surface area contributed by atoms with E-state index in [1.807, 2.05) is 0 Å². The number of amides is 1. The zero-order chi connectivity index (χ0) is 22.4. The maximum Gasteiger partial charge on any atom is 0.416 e. The van der Waals surface area contributed by atoms with E-state index in [2.05, 4.69) is 0 Å². The van der Waals surface area contributed by atoms with Gasteiger partial charge in [-0.2, -0.15) is 13.2 Å². The van der Waals surface area contributed by atoms with Gasteiger partial charge in [-0.15, -0.1) is 0 Å². The van der Waals surface area contributed by atoms with Crippen LogP contribution in [0.2, 0.25) is 0 Å². The Hall–Kier alpha value is -2.55. The monoisotopic (exact) mass is 452 g/mol. The van der Waals surface area contributed by atoms with Gasteiger partial charge in [-0.25, -0.2) is 8.42 Å². The molecule has 1 aliphatic heterocycles. The van der Waals surface area contributed by atoms with Crippen molar-refractivity contribution in [2.45, 2.75) is 43.7 Å². The minimum atomic E-state index is -4.57. The molecule has 2 aromatic carbocycles. The Bertz CT molecular complexity index is 1110. The summed E-state index contributed by atoms with van der Waals surface area (Å²) in [6.45, 7) is 2.07. The van der Waals surface area contributed by atoms with Gasteiger partial charge in [0.05, 0.1) is 16.1 Å². The number of halogens is 3. The molecule has 1 aliphatic carbocycles. The van der Waals surface area contributed by atoms with Crippen LogP contribution in [0.15, 0.2) is 47.4 Å². The molecule has 0 N–H and O–H groups in total. The number of benzene rings is 2. The van der Waals surface area contributed by atoms with E-state index in [1.54, 1.807) is 17.9 Å². The molecule has 0 spiro atoms. The summed E-state index contributed by atoms with van der Waals surface area (Å²) >= 11 is 0. The van der Waals surface area contributed by atoms with Gasteiger partial charge in [0.2, 0.25) is 5.91 Å². The summed E-state index contributed by atoms with van der Waals surface area (Å²) in [6, 6.07) is 8.89. The largest absolute Gasteiger partial charge is 0.416 e. The number of alkyl halides is 3. The van der Waals surface area contributed by atoms with Crippen molar-refractivity contribution in [3.8, 4) is 0 Å². The lowest BCUT2D eigenvalue weighted by atomic mass is 9.84. The van der Waals surface area contributed by atoms with Gasteiger partial charge in [0.1, 0.15) is 0 Å². The summed E-state index contributed by atoms with van der Waals surface area (Å²) in [6.07, 6.45) is -1.19. The number of fused-ring (bicyclic) bond motifs is 1. The standard InChI is InChI=1S/C22H23F3N2O3S/c1-2-27(18-8-4-7-17(14-18)22(23,24)25)31(29,30)19-9-10-20-16(13-19)11-12-26(20)21(28)15-5-3-6-15/h4,7-10,13-15H,2-3,5-6,11-12H2,1H3. The van der Waals surface area contributed by atoms with Crippen molar-refractivity contribution in [3.63, 3.8) is 0 Å². The summed E-state index contributed by atoms with van der Waals surface area (Å²) in [5.74, 6) is 0.130. The number of hydrogen-bond acceptors (Lipinski definition) is 3. The fourth-order valence-corrected chi connectivity index (χ4v) is 5.62. The van der Waals surface area contributed by atoms with Gasteiger partial charge in [0.25, 0.3) is 10.0 Å². The molecule has 1 saturated carbocycles. The molecule has 0 atom stereocenters. The first-order valence-electron chi connectivity index (χ1n) is 10.3. The molecule has 0 saturated heterocycles. The minimum absolute atomic E-state index is 0.00320. The van der Waals surface area contributed by atoms with Crippen molar-refractivity contribution >= 4 is 27.3 Å². The quantitative estimate of drug-likeness (QED) is 0.666. The van der Waals surface area contributed by atoms with E-state index in [-0.39, 0.29) is 29.0 Å². The fraction of sp³-hybridized carbons (Fsp3) is 0.409. The molecule has 0 radical (unpaired) electrons. The van der Waals surface area contributed by atoms with E-state index >= 15 is 0 Å². The highest BCUT2D eigenvalue weighted by molar-refractivity contribution is 7.92. The van der Waals surface area contributed by atoms with Crippen LogP contribution in [0.5, 0.6) is 0 Å².